The van der Waals surface area contributed by atoms with Gasteiger partial charge < -0.3 is 5.11 Å². The molecule has 0 radical (unpaired) electrons. The molecule has 0 aliphatic heterocycles. The number of nitrogens with one attached hydrogen (secondary N) is 1. The van der Waals surface area contributed by atoms with Crippen LogP contribution in [0, 0.1) is 12.8 Å². The first-order chi connectivity index (χ1) is 12.7. The quantitative estimate of drug-likeness (QED) is 0.642. The summed E-state index contributed by atoms with van der Waals surface area (Å²) in [5, 5.41) is 8.77. The number of aryl methyl sites for hydroxylation is 1. The molecule has 0 aliphatic carbocycles. The lowest BCUT2D eigenvalue weighted by Gasteiger charge is -2.09. The Morgan fingerprint density at radius 2 is 1.63 bits per heavy atom. The zero-order chi connectivity index (χ0) is 20.0. The molecule has 7 heteroatoms. The Labute approximate surface area is 159 Å². The van der Waals surface area contributed by atoms with Gasteiger partial charge in [-0.3, -0.25) is 9.59 Å². The molecule has 0 heterocycles. The minimum absolute atomic E-state index is 0.207. The number of carboxylic acids is 1. The van der Waals surface area contributed by atoms with E-state index in [1.54, 1.807) is 55.5 Å². The Hall–Kier alpha value is -2.51. The van der Waals surface area contributed by atoms with Crippen LogP contribution in [-0.4, -0.2) is 31.8 Å². The van der Waals surface area contributed by atoms with E-state index in [1.165, 1.54) is 0 Å². The molecule has 0 saturated carbocycles. The van der Waals surface area contributed by atoms with Gasteiger partial charge in [0.1, 0.15) is 0 Å². The summed E-state index contributed by atoms with van der Waals surface area (Å²) < 4.78 is 27.0. The van der Waals surface area contributed by atoms with Crippen molar-refractivity contribution in [3.63, 3.8) is 0 Å². The van der Waals surface area contributed by atoms with Crippen LogP contribution < -0.4 is 4.72 Å². The molecule has 1 unspecified atom stereocenters. The van der Waals surface area contributed by atoms with E-state index in [4.69, 9.17) is 5.11 Å². The van der Waals surface area contributed by atoms with Crippen molar-refractivity contribution in [3.05, 3.63) is 65.2 Å². The average Bonchev–Trinajstić information content (AvgIpc) is 2.61. The Morgan fingerprint density at radius 3 is 2.19 bits per heavy atom. The average molecular weight is 389 g/mol. The zero-order valence-electron chi connectivity index (χ0n) is 15.3. The fourth-order valence-corrected chi connectivity index (χ4v) is 3.64. The van der Waals surface area contributed by atoms with Gasteiger partial charge in [0.2, 0.25) is 10.0 Å². The molecule has 1 atom stereocenters. The van der Waals surface area contributed by atoms with Gasteiger partial charge in [0.15, 0.2) is 5.78 Å². The molecule has 2 aromatic carbocycles. The molecule has 0 saturated heterocycles. The smallest absolute Gasteiger partial charge is 0.304 e. The number of hydrogen-bond donors (Lipinski definition) is 2. The van der Waals surface area contributed by atoms with Gasteiger partial charge >= 0.3 is 5.97 Å². The third kappa shape index (κ3) is 6.01. The summed E-state index contributed by atoms with van der Waals surface area (Å²) in [5.41, 5.74) is 2.32. The van der Waals surface area contributed by atoms with Gasteiger partial charge in [0, 0.05) is 18.0 Å². The fraction of sp³-hybridized carbons (Fsp3) is 0.300. The molecule has 144 valence electrons. The van der Waals surface area contributed by atoms with E-state index in [0.717, 1.165) is 11.1 Å². The molecule has 27 heavy (non-hydrogen) atoms. The van der Waals surface area contributed by atoms with E-state index in [2.05, 4.69) is 4.72 Å². The normalized spacial score (nSPS) is 12.5. The minimum atomic E-state index is -3.55. The largest absolute Gasteiger partial charge is 0.481 e. The summed E-state index contributed by atoms with van der Waals surface area (Å²) in [7, 11) is -3.55. The monoisotopic (exact) mass is 389 g/mol. The van der Waals surface area contributed by atoms with Crippen molar-refractivity contribution in [2.45, 2.75) is 31.6 Å². The van der Waals surface area contributed by atoms with Crippen LogP contribution in [0.25, 0.3) is 0 Å². The summed E-state index contributed by atoms with van der Waals surface area (Å²) in [4.78, 5) is 23.1. The summed E-state index contributed by atoms with van der Waals surface area (Å²) in [6.45, 7) is 3.71. The number of carbonyl (C=O) groups is 2. The number of sulfonamides is 1. The highest BCUT2D eigenvalue weighted by Crippen LogP contribution is 2.14. The maximum Gasteiger partial charge on any atom is 0.304 e. The molecule has 6 nitrogen and oxygen atoms in total. The van der Waals surface area contributed by atoms with Gasteiger partial charge in [-0.1, -0.05) is 48.9 Å². The van der Waals surface area contributed by atoms with Crippen LogP contribution in [0.2, 0.25) is 0 Å². The van der Waals surface area contributed by atoms with Crippen molar-refractivity contribution in [3.8, 4) is 0 Å². The number of rotatable bonds is 9. The number of hydrogen-bond acceptors (Lipinski definition) is 4. The van der Waals surface area contributed by atoms with Crippen molar-refractivity contribution >= 4 is 21.8 Å². The molecular formula is C20H23NO5S. The highest BCUT2D eigenvalue weighted by atomic mass is 32.2. The Balaban J connectivity index is 1.92. The van der Waals surface area contributed by atoms with Gasteiger partial charge in [-0.25, -0.2) is 13.1 Å². The molecule has 0 spiro atoms. The topological polar surface area (TPSA) is 101 Å². The van der Waals surface area contributed by atoms with E-state index in [-0.39, 0.29) is 23.6 Å². The summed E-state index contributed by atoms with van der Waals surface area (Å²) in [6.07, 6.45) is 0.269. The lowest BCUT2D eigenvalue weighted by molar-refractivity contribution is -0.137. The van der Waals surface area contributed by atoms with E-state index in [9.17, 15) is 18.0 Å². The van der Waals surface area contributed by atoms with Crippen molar-refractivity contribution in [1.82, 2.24) is 4.72 Å². The fourth-order valence-electron chi connectivity index (χ4n) is 2.61. The molecule has 0 aromatic heterocycles. The van der Waals surface area contributed by atoms with Crippen LogP contribution in [0.15, 0.2) is 53.4 Å². The second-order valence-corrected chi connectivity index (χ2v) is 8.29. The Kier molecular flexibility index (Phi) is 6.87. The lowest BCUT2D eigenvalue weighted by Crippen LogP contribution is -2.26. The number of aliphatic carboxylic acids is 1. The highest BCUT2D eigenvalue weighted by Gasteiger charge is 2.18. The van der Waals surface area contributed by atoms with Crippen LogP contribution >= 0.6 is 0 Å². The number of benzene rings is 2. The number of ketones is 1. The summed E-state index contributed by atoms with van der Waals surface area (Å²) in [6, 6.07) is 13.4. The lowest BCUT2D eigenvalue weighted by atomic mass is 9.95. The summed E-state index contributed by atoms with van der Waals surface area (Å²) >= 11 is 0. The number of carboxylic acid groups (broad SMARTS) is 1. The second kappa shape index (κ2) is 8.92. The highest BCUT2D eigenvalue weighted by molar-refractivity contribution is 7.89. The van der Waals surface area contributed by atoms with E-state index >= 15 is 0 Å². The first-order valence-corrected chi connectivity index (χ1v) is 10.1. The van der Waals surface area contributed by atoms with E-state index in [1.807, 2.05) is 6.92 Å². The number of carbonyl (C=O) groups excluding carboxylic acids is 1. The predicted octanol–water partition coefficient (Wildman–Crippen LogP) is 2.81. The van der Waals surface area contributed by atoms with Crippen molar-refractivity contribution in [2.24, 2.45) is 5.92 Å². The molecule has 0 amide bonds. The first-order valence-electron chi connectivity index (χ1n) is 8.60. The van der Waals surface area contributed by atoms with Crippen LogP contribution in [0.3, 0.4) is 0 Å². The predicted molar refractivity (Wildman–Crippen MR) is 102 cm³/mol. The van der Waals surface area contributed by atoms with Crippen molar-refractivity contribution < 1.29 is 23.1 Å². The molecule has 2 rings (SSSR count). The van der Waals surface area contributed by atoms with Gasteiger partial charge in [-0.15, -0.1) is 0 Å². The second-order valence-electron chi connectivity index (χ2n) is 6.52. The molecular weight excluding hydrogens is 366 g/mol. The molecule has 2 N–H and O–H groups in total. The van der Waals surface area contributed by atoms with Gasteiger partial charge in [0.05, 0.1) is 11.3 Å². The number of Topliss-reactive ketones (excluding diaryl/α,β-unsaturated/α-hetero) is 1. The van der Waals surface area contributed by atoms with Crippen LogP contribution in [0.4, 0.5) is 0 Å². The first kappa shape index (κ1) is 20.8. The van der Waals surface area contributed by atoms with Crippen LogP contribution in [0.5, 0.6) is 0 Å². The maximum absolute atomic E-state index is 12.2. The zero-order valence-corrected chi connectivity index (χ0v) is 16.1. The van der Waals surface area contributed by atoms with Gasteiger partial charge in [-0.05, 0) is 31.0 Å². The van der Waals surface area contributed by atoms with Crippen LogP contribution in [-0.2, 0) is 21.2 Å². The van der Waals surface area contributed by atoms with Gasteiger partial charge in [0.25, 0.3) is 0 Å². The summed E-state index contributed by atoms with van der Waals surface area (Å²) in [5.74, 6) is -1.81. The third-order valence-electron chi connectivity index (χ3n) is 4.20. The van der Waals surface area contributed by atoms with Crippen LogP contribution in [0.1, 0.15) is 34.8 Å². The van der Waals surface area contributed by atoms with Crippen molar-refractivity contribution in [2.75, 3.05) is 6.54 Å². The third-order valence-corrected chi connectivity index (χ3v) is 5.68. The standard InChI is InChI=1S/C20H23NO5S/c1-14-3-9-18(10-4-14)27(25,26)21-12-11-16-5-7-17(8-6-16)20(24)15(2)13-19(22)23/h3-10,15,21H,11-13H2,1-2H3,(H,22,23). The van der Waals surface area contributed by atoms with Crippen molar-refractivity contribution in [1.29, 1.82) is 0 Å². The van der Waals surface area contributed by atoms with Gasteiger partial charge in [-0.2, -0.15) is 0 Å². The SMILES string of the molecule is Cc1ccc(S(=O)(=O)NCCc2ccc(C(=O)C(C)CC(=O)O)cc2)cc1. The van der Waals surface area contributed by atoms with E-state index < -0.39 is 21.9 Å². The Bertz CT molecular complexity index is 902. The van der Waals surface area contributed by atoms with E-state index in [0.29, 0.717) is 12.0 Å². The molecule has 0 aliphatic rings. The molecule has 2 aromatic rings. The minimum Gasteiger partial charge on any atom is -0.481 e. The Morgan fingerprint density at radius 1 is 1.04 bits per heavy atom. The molecule has 0 bridgehead atoms. The molecule has 0 fully saturated rings. The maximum atomic E-state index is 12.2.